The Balaban J connectivity index is 2.15. The molecule has 0 aliphatic rings. The number of hydrogen-bond donors (Lipinski definition) is 1. The average molecular weight is 282 g/mol. The van der Waals surface area contributed by atoms with Crippen LogP contribution in [-0.2, 0) is 0 Å². The van der Waals surface area contributed by atoms with Crippen molar-refractivity contribution in [1.29, 1.82) is 0 Å². The lowest BCUT2D eigenvalue weighted by molar-refractivity contribution is 0.0697. The second-order valence-corrected chi connectivity index (χ2v) is 4.52. The van der Waals surface area contributed by atoms with E-state index in [1.807, 2.05) is 35.8 Å². The van der Waals surface area contributed by atoms with Crippen LogP contribution in [0.15, 0.2) is 48.8 Å². The first-order valence-electron chi connectivity index (χ1n) is 6.63. The Hall–Kier alpha value is -2.82. The van der Waals surface area contributed by atoms with Gasteiger partial charge in [-0.3, -0.25) is 4.57 Å². The maximum absolute atomic E-state index is 11.0. The number of rotatable bonds is 4. The van der Waals surface area contributed by atoms with Gasteiger partial charge in [0, 0.05) is 0 Å². The molecule has 0 radical (unpaired) electrons. The molecule has 0 saturated heterocycles. The number of carboxylic acid groups (broad SMARTS) is 1. The first-order valence-corrected chi connectivity index (χ1v) is 6.63. The van der Waals surface area contributed by atoms with E-state index in [9.17, 15) is 4.79 Å². The molecule has 0 aliphatic heterocycles. The van der Waals surface area contributed by atoms with Crippen LogP contribution in [0, 0.1) is 0 Å². The summed E-state index contributed by atoms with van der Waals surface area (Å²) in [6.45, 7) is 2.51. The van der Waals surface area contributed by atoms with Gasteiger partial charge in [0.2, 0.25) is 0 Å². The summed E-state index contributed by atoms with van der Waals surface area (Å²) in [4.78, 5) is 15.3. The molecule has 3 rings (SSSR count). The number of aromatic nitrogens is 2. The number of aromatic carboxylic acids is 1. The van der Waals surface area contributed by atoms with Gasteiger partial charge in [-0.25, -0.2) is 9.78 Å². The monoisotopic (exact) mass is 282 g/mol. The van der Waals surface area contributed by atoms with Gasteiger partial charge in [0.05, 0.1) is 28.9 Å². The van der Waals surface area contributed by atoms with Gasteiger partial charge >= 0.3 is 5.97 Å². The SMILES string of the molecule is CCOc1ccccc1-n1cnc2cc(C(=O)O)ccc21. The lowest BCUT2D eigenvalue weighted by Crippen LogP contribution is -2.00. The Morgan fingerprint density at radius 1 is 1.29 bits per heavy atom. The number of imidazole rings is 1. The van der Waals surface area contributed by atoms with Crippen LogP contribution in [0.1, 0.15) is 17.3 Å². The zero-order valence-electron chi connectivity index (χ0n) is 11.5. The van der Waals surface area contributed by atoms with Crippen molar-refractivity contribution in [2.45, 2.75) is 6.92 Å². The minimum atomic E-state index is -0.957. The van der Waals surface area contributed by atoms with Crippen molar-refractivity contribution in [3.8, 4) is 11.4 Å². The van der Waals surface area contributed by atoms with Gasteiger partial charge in [-0.1, -0.05) is 12.1 Å². The lowest BCUT2D eigenvalue weighted by atomic mass is 10.2. The van der Waals surface area contributed by atoms with Crippen LogP contribution in [0.5, 0.6) is 5.75 Å². The predicted molar refractivity (Wildman–Crippen MR) is 79.2 cm³/mol. The molecule has 0 amide bonds. The van der Waals surface area contributed by atoms with E-state index in [1.54, 1.807) is 24.5 Å². The largest absolute Gasteiger partial charge is 0.492 e. The number of benzene rings is 2. The molecule has 0 bridgehead atoms. The molecule has 1 aromatic heterocycles. The first-order chi connectivity index (χ1) is 10.2. The molecule has 21 heavy (non-hydrogen) atoms. The standard InChI is InChI=1S/C16H14N2O3/c1-2-21-15-6-4-3-5-14(15)18-10-17-12-9-11(16(19)20)7-8-13(12)18/h3-10H,2H2,1H3,(H,19,20). The van der Waals surface area contributed by atoms with Crippen LogP contribution in [0.2, 0.25) is 0 Å². The van der Waals surface area contributed by atoms with Crippen molar-refractivity contribution in [2.75, 3.05) is 6.61 Å². The second kappa shape index (κ2) is 5.28. The van der Waals surface area contributed by atoms with Crippen molar-refractivity contribution >= 4 is 17.0 Å². The summed E-state index contributed by atoms with van der Waals surface area (Å²) in [5.74, 6) is -0.192. The second-order valence-electron chi connectivity index (χ2n) is 4.52. The van der Waals surface area contributed by atoms with Crippen LogP contribution in [0.25, 0.3) is 16.7 Å². The van der Waals surface area contributed by atoms with E-state index in [4.69, 9.17) is 9.84 Å². The molecule has 1 heterocycles. The highest BCUT2D eigenvalue weighted by molar-refractivity contribution is 5.92. The zero-order chi connectivity index (χ0) is 14.8. The molecule has 3 aromatic rings. The third-order valence-corrected chi connectivity index (χ3v) is 3.22. The quantitative estimate of drug-likeness (QED) is 0.798. The molecule has 0 fully saturated rings. The molecule has 0 spiro atoms. The summed E-state index contributed by atoms with van der Waals surface area (Å²) < 4.78 is 7.52. The highest BCUT2D eigenvalue weighted by Crippen LogP contribution is 2.26. The smallest absolute Gasteiger partial charge is 0.335 e. The number of para-hydroxylation sites is 2. The number of fused-ring (bicyclic) bond motifs is 1. The van der Waals surface area contributed by atoms with Gasteiger partial charge in [0.1, 0.15) is 12.1 Å². The maximum Gasteiger partial charge on any atom is 0.335 e. The van der Waals surface area contributed by atoms with E-state index >= 15 is 0 Å². The van der Waals surface area contributed by atoms with Crippen LogP contribution >= 0.6 is 0 Å². The van der Waals surface area contributed by atoms with Crippen LogP contribution < -0.4 is 4.74 Å². The third-order valence-electron chi connectivity index (χ3n) is 3.22. The summed E-state index contributed by atoms with van der Waals surface area (Å²) in [5, 5.41) is 9.03. The molecule has 5 heteroatoms. The summed E-state index contributed by atoms with van der Waals surface area (Å²) in [5.41, 5.74) is 2.59. The number of carbonyl (C=O) groups is 1. The lowest BCUT2D eigenvalue weighted by Gasteiger charge is -2.11. The first kappa shape index (κ1) is 13.2. The fourth-order valence-corrected chi connectivity index (χ4v) is 2.27. The van der Waals surface area contributed by atoms with Crippen molar-refractivity contribution in [2.24, 2.45) is 0 Å². The van der Waals surface area contributed by atoms with Crippen molar-refractivity contribution < 1.29 is 14.6 Å². The summed E-state index contributed by atoms with van der Waals surface area (Å²) in [6, 6.07) is 12.6. The molecule has 0 aliphatic carbocycles. The molecule has 2 aromatic carbocycles. The molecule has 0 atom stereocenters. The Labute approximate surface area is 121 Å². The van der Waals surface area contributed by atoms with Gasteiger partial charge in [0.25, 0.3) is 0 Å². The van der Waals surface area contributed by atoms with Gasteiger partial charge in [-0.15, -0.1) is 0 Å². The zero-order valence-corrected chi connectivity index (χ0v) is 11.5. The number of nitrogens with zero attached hydrogens (tertiary/aromatic N) is 2. The van der Waals surface area contributed by atoms with E-state index in [0.717, 1.165) is 17.0 Å². The highest BCUT2D eigenvalue weighted by atomic mass is 16.5. The highest BCUT2D eigenvalue weighted by Gasteiger charge is 2.11. The maximum atomic E-state index is 11.0. The van der Waals surface area contributed by atoms with E-state index in [2.05, 4.69) is 4.98 Å². The molecule has 5 nitrogen and oxygen atoms in total. The minimum Gasteiger partial charge on any atom is -0.492 e. The third kappa shape index (κ3) is 2.33. The van der Waals surface area contributed by atoms with Crippen LogP contribution in [0.3, 0.4) is 0 Å². The number of ether oxygens (including phenoxy) is 1. The summed E-state index contributed by atoms with van der Waals surface area (Å²) in [7, 11) is 0. The van der Waals surface area contributed by atoms with Crippen molar-refractivity contribution in [3.63, 3.8) is 0 Å². The summed E-state index contributed by atoms with van der Waals surface area (Å²) >= 11 is 0. The molecule has 0 saturated carbocycles. The Morgan fingerprint density at radius 2 is 2.10 bits per heavy atom. The Morgan fingerprint density at radius 3 is 2.86 bits per heavy atom. The van der Waals surface area contributed by atoms with Crippen LogP contribution in [0.4, 0.5) is 0 Å². The van der Waals surface area contributed by atoms with Gasteiger partial charge in [-0.05, 0) is 37.3 Å². The van der Waals surface area contributed by atoms with Crippen molar-refractivity contribution in [1.82, 2.24) is 9.55 Å². The van der Waals surface area contributed by atoms with E-state index in [0.29, 0.717) is 12.1 Å². The van der Waals surface area contributed by atoms with Gasteiger partial charge < -0.3 is 9.84 Å². The molecular weight excluding hydrogens is 268 g/mol. The fraction of sp³-hybridized carbons (Fsp3) is 0.125. The van der Waals surface area contributed by atoms with Gasteiger partial charge in [-0.2, -0.15) is 0 Å². The number of carboxylic acids is 1. The summed E-state index contributed by atoms with van der Waals surface area (Å²) in [6.07, 6.45) is 1.67. The Kier molecular flexibility index (Phi) is 3.31. The normalized spacial score (nSPS) is 10.7. The molecule has 106 valence electrons. The topological polar surface area (TPSA) is 64.4 Å². The van der Waals surface area contributed by atoms with Gasteiger partial charge in [0.15, 0.2) is 0 Å². The fourth-order valence-electron chi connectivity index (χ4n) is 2.27. The van der Waals surface area contributed by atoms with E-state index in [1.165, 1.54) is 0 Å². The Bertz CT molecular complexity index is 808. The molecule has 1 N–H and O–H groups in total. The molecular formula is C16H14N2O3. The molecule has 0 unspecified atom stereocenters. The minimum absolute atomic E-state index is 0.228. The van der Waals surface area contributed by atoms with E-state index < -0.39 is 5.97 Å². The van der Waals surface area contributed by atoms with E-state index in [-0.39, 0.29) is 5.56 Å². The predicted octanol–water partition coefficient (Wildman–Crippen LogP) is 3.12. The van der Waals surface area contributed by atoms with Crippen molar-refractivity contribution in [3.05, 3.63) is 54.4 Å². The van der Waals surface area contributed by atoms with Crippen LogP contribution in [-0.4, -0.2) is 27.2 Å². The average Bonchev–Trinajstić information content (AvgIpc) is 2.91. The number of hydrogen-bond acceptors (Lipinski definition) is 3.